The van der Waals surface area contributed by atoms with E-state index in [0.29, 0.717) is 35.3 Å². The minimum atomic E-state index is -0.0515. The Morgan fingerprint density at radius 2 is 2.04 bits per heavy atom. The summed E-state index contributed by atoms with van der Waals surface area (Å²) in [5.74, 6) is 2.75. The molecule has 1 aliphatic rings. The normalized spacial score (nSPS) is 18.1. The van der Waals surface area contributed by atoms with Crippen molar-refractivity contribution in [1.82, 2.24) is 16.0 Å². The van der Waals surface area contributed by atoms with Crippen LogP contribution in [-0.4, -0.2) is 12.6 Å². The Bertz CT molecular complexity index is 771. The summed E-state index contributed by atoms with van der Waals surface area (Å²) in [4.78, 5) is 0. The zero-order valence-corrected chi connectivity index (χ0v) is 17.5. The molecule has 0 amide bonds. The molecule has 0 saturated carbocycles. The van der Waals surface area contributed by atoms with Crippen molar-refractivity contribution >= 4 is 0 Å². The van der Waals surface area contributed by atoms with Gasteiger partial charge in [-0.1, -0.05) is 44.4 Å². The molecule has 0 aromatic heterocycles. The van der Waals surface area contributed by atoms with Crippen LogP contribution in [0.1, 0.15) is 33.6 Å². The lowest BCUT2D eigenvalue weighted by Gasteiger charge is -2.24. The Balaban J connectivity index is 2.58. The molecule has 1 aliphatic heterocycles. The van der Waals surface area contributed by atoms with Crippen molar-refractivity contribution in [3.05, 3.63) is 84.2 Å². The van der Waals surface area contributed by atoms with Gasteiger partial charge in [0.1, 0.15) is 0 Å². The second-order valence-corrected chi connectivity index (χ2v) is 7.21. The van der Waals surface area contributed by atoms with E-state index in [4.69, 9.17) is 12.2 Å². The Hall–Kier alpha value is -3.06. The molecule has 0 radical (unpaired) electrons. The third-order valence-corrected chi connectivity index (χ3v) is 4.69. The van der Waals surface area contributed by atoms with Crippen molar-refractivity contribution < 1.29 is 0 Å². The van der Waals surface area contributed by atoms with E-state index in [1.165, 1.54) is 11.3 Å². The molecule has 150 valence electrons. The maximum Gasteiger partial charge on any atom is 0.0556 e. The van der Waals surface area contributed by atoms with Gasteiger partial charge < -0.3 is 21.7 Å². The van der Waals surface area contributed by atoms with Gasteiger partial charge >= 0.3 is 0 Å². The van der Waals surface area contributed by atoms with Crippen LogP contribution in [0.4, 0.5) is 0 Å². The molecule has 0 saturated heterocycles. The monoisotopic (exact) mass is 378 g/mol. The van der Waals surface area contributed by atoms with Gasteiger partial charge in [0.05, 0.1) is 11.6 Å². The summed E-state index contributed by atoms with van der Waals surface area (Å²) in [6.45, 7) is 22.5. The quantitative estimate of drug-likeness (QED) is 0.343. The molecule has 0 fully saturated rings. The van der Waals surface area contributed by atoms with Crippen LogP contribution in [0.3, 0.4) is 0 Å². The third kappa shape index (κ3) is 7.28. The molecule has 0 aromatic rings. The van der Waals surface area contributed by atoms with Crippen LogP contribution in [0.25, 0.3) is 0 Å². The van der Waals surface area contributed by atoms with E-state index in [1.807, 2.05) is 6.92 Å². The minimum absolute atomic E-state index is 0.0515. The van der Waals surface area contributed by atoms with Crippen molar-refractivity contribution in [3.8, 4) is 12.3 Å². The van der Waals surface area contributed by atoms with Crippen molar-refractivity contribution in [2.75, 3.05) is 6.54 Å². The molecule has 0 aliphatic carbocycles. The molecule has 2 unspecified atom stereocenters. The van der Waals surface area contributed by atoms with Gasteiger partial charge in [-0.3, -0.25) is 0 Å². The van der Waals surface area contributed by atoms with E-state index in [0.717, 1.165) is 18.4 Å². The summed E-state index contributed by atoms with van der Waals surface area (Å²) < 4.78 is 0. The van der Waals surface area contributed by atoms with Crippen molar-refractivity contribution in [2.24, 2.45) is 11.7 Å². The second-order valence-electron chi connectivity index (χ2n) is 7.21. The number of allylic oxidation sites excluding steroid dienone is 4. The fourth-order valence-corrected chi connectivity index (χ4v) is 2.61. The predicted octanol–water partition coefficient (Wildman–Crippen LogP) is 3.98. The fraction of sp³-hybridized carbons (Fsp3) is 0.333. The van der Waals surface area contributed by atoms with Crippen molar-refractivity contribution in [2.45, 2.75) is 39.7 Å². The largest absolute Gasteiger partial charge is 0.397 e. The highest BCUT2D eigenvalue weighted by Gasteiger charge is 2.12. The Kier molecular flexibility index (Phi) is 8.98. The Morgan fingerprint density at radius 3 is 2.61 bits per heavy atom. The van der Waals surface area contributed by atoms with E-state index in [1.54, 1.807) is 6.20 Å². The molecule has 5 N–H and O–H groups in total. The molecule has 0 aromatic carbocycles. The molecule has 4 heteroatoms. The standard InChI is InChI=1S/C24H34N4/c1-9-22(11-13-23-12-10-17(4)28-21(23)8)14-26-19(6)18(5)20(7)27-15-24(25)16(2)3/h1,11,13,15,17,22,26-28H,2,5-7,10,12,14,25H2,3-4,8H3/b13-11-,24-15+. The van der Waals surface area contributed by atoms with Crippen molar-refractivity contribution in [3.63, 3.8) is 0 Å². The Labute approximate surface area is 170 Å². The van der Waals surface area contributed by atoms with Crippen LogP contribution >= 0.6 is 0 Å². The molecule has 2 atom stereocenters. The molecule has 0 spiro atoms. The summed E-state index contributed by atoms with van der Waals surface area (Å²) in [6, 6.07) is 0.527. The first-order valence-electron chi connectivity index (χ1n) is 9.45. The number of nitrogens with one attached hydrogen (secondary N) is 3. The molecule has 0 bridgehead atoms. The topological polar surface area (TPSA) is 62.1 Å². The molecule has 28 heavy (non-hydrogen) atoms. The van der Waals surface area contributed by atoms with Gasteiger partial charge in [-0.25, -0.2) is 0 Å². The molecule has 1 rings (SSSR count). The van der Waals surface area contributed by atoms with Crippen LogP contribution in [0.2, 0.25) is 0 Å². The summed E-state index contributed by atoms with van der Waals surface area (Å²) in [6.07, 6.45) is 13.7. The van der Waals surface area contributed by atoms with E-state index in [2.05, 4.69) is 74.2 Å². The second kappa shape index (κ2) is 10.9. The van der Waals surface area contributed by atoms with Gasteiger partial charge in [-0.15, -0.1) is 6.42 Å². The number of hydrogen-bond donors (Lipinski definition) is 4. The molecule has 4 nitrogen and oxygen atoms in total. The first-order chi connectivity index (χ1) is 13.1. The van der Waals surface area contributed by atoms with Crippen LogP contribution in [0.5, 0.6) is 0 Å². The SMILES string of the molecule is C#CC(/C=C\C1=C(C)NC(C)CC1)CNC(=C)C(=C)C(=C)N/C=C(/N)C(=C)C. The van der Waals surface area contributed by atoms with E-state index in [-0.39, 0.29) is 5.92 Å². The number of nitrogens with two attached hydrogens (primary N) is 1. The minimum Gasteiger partial charge on any atom is -0.397 e. The highest BCUT2D eigenvalue weighted by molar-refractivity contribution is 5.41. The van der Waals surface area contributed by atoms with E-state index < -0.39 is 0 Å². The number of rotatable bonds is 10. The number of hydrogen-bond acceptors (Lipinski definition) is 4. The van der Waals surface area contributed by atoms with Gasteiger partial charge in [0, 0.05) is 41.5 Å². The summed E-state index contributed by atoms with van der Waals surface area (Å²) in [5.41, 5.74) is 11.6. The third-order valence-electron chi connectivity index (χ3n) is 4.69. The van der Waals surface area contributed by atoms with E-state index in [9.17, 15) is 0 Å². The fourth-order valence-electron chi connectivity index (χ4n) is 2.61. The average molecular weight is 379 g/mol. The zero-order chi connectivity index (χ0) is 21.3. The summed E-state index contributed by atoms with van der Waals surface area (Å²) in [5, 5.41) is 9.73. The van der Waals surface area contributed by atoms with Crippen LogP contribution in [-0.2, 0) is 0 Å². The number of terminal acetylenes is 1. The lowest BCUT2D eigenvalue weighted by Crippen LogP contribution is -2.28. The van der Waals surface area contributed by atoms with Crippen LogP contribution in [0, 0.1) is 18.3 Å². The summed E-state index contributed by atoms with van der Waals surface area (Å²) in [7, 11) is 0. The van der Waals surface area contributed by atoms with Gasteiger partial charge in [0.15, 0.2) is 0 Å². The van der Waals surface area contributed by atoms with Gasteiger partial charge in [-0.05, 0) is 44.8 Å². The Morgan fingerprint density at radius 1 is 1.36 bits per heavy atom. The van der Waals surface area contributed by atoms with Gasteiger partial charge in [-0.2, -0.15) is 0 Å². The molecular weight excluding hydrogens is 344 g/mol. The first-order valence-corrected chi connectivity index (χ1v) is 9.45. The maximum absolute atomic E-state index is 5.82. The highest BCUT2D eigenvalue weighted by Crippen LogP contribution is 2.20. The first kappa shape index (κ1) is 23.0. The summed E-state index contributed by atoms with van der Waals surface area (Å²) >= 11 is 0. The zero-order valence-electron chi connectivity index (χ0n) is 17.5. The lowest BCUT2D eigenvalue weighted by molar-refractivity contribution is 0.533. The van der Waals surface area contributed by atoms with Crippen molar-refractivity contribution in [1.29, 1.82) is 0 Å². The smallest absolute Gasteiger partial charge is 0.0556 e. The van der Waals surface area contributed by atoms with Gasteiger partial charge in [0.2, 0.25) is 0 Å². The van der Waals surface area contributed by atoms with Gasteiger partial charge in [0.25, 0.3) is 0 Å². The van der Waals surface area contributed by atoms with Crippen LogP contribution < -0.4 is 21.7 Å². The highest BCUT2D eigenvalue weighted by atomic mass is 14.9. The average Bonchev–Trinajstić information content (AvgIpc) is 2.66. The van der Waals surface area contributed by atoms with Crippen LogP contribution in [0.15, 0.2) is 84.2 Å². The van der Waals surface area contributed by atoms with E-state index >= 15 is 0 Å². The molecule has 1 heterocycles. The predicted molar refractivity (Wildman–Crippen MR) is 122 cm³/mol. The molecular formula is C24H34N4. The lowest BCUT2D eigenvalue weighted by atomic mass is 9.98. The maximum atomic E-state index is 5.82.